The molecule has 0 unspecified atom stereocenters. The van der Waals surface area contributed by atoms with Gasteiger partial charge < -0.3 is 10.1 Å². The van der Waals surface area contributed by atoms with Crippen molar-refractivity contribution in [3.05, 3.63) is 17.6 Å². The molecule has 1 aliphatic carbocycles. The summed E-state index contributed by atoms with van der Waals surface area (Å²) in [5, 5.41) is 3.41. The molecule has 1 fully saturated rings. The molecular formula is C17H29N3O. The van der Waals surface area contributed by atoms with E-state index >= 15 is 0 Å². The van der Waals surface area contributed by atoms with Gasteiger partial charge in [0, 0.05) is 25.4 Å². The van der Waals surface area contributed by atoms with E-state index in [-0.39, 0.29) is 5.60 Å². The minimum atomic E-state index is -0.273. The second-order valence-electron chi connectivity index (χ2n) is 6.00. The van der Waals surface area contributed by atoms with Gasteiger partial charge in [0.2, 0.25) is 0 Å². The average molecular weight is 291 g/mol. The highest BCUT2D eigenvalue weighted by Crippen LogP contribution is 2.38. The first kappa shape index (κ1) is 16.2. The second-order valence-corrected chi connectivity index (χ2v) is 6.00. The lowest BCUT2D eigenvalue weighted by Crippen LogP contribution is -2.34. The lowest BCUT2D eigenvalue weighted by Gasteiger charge is -2.34. The Morgan fingerprint density at radius 1 is 1.14 bits per heavy atom. The van der Waals surface area contributed by atoms with Crippen LogP contribution in [0, 0.1) is 0 Å². The standard InChI is InChI=1S/C17H29N3O/c1-4-9-14-13-15(18-12-5-2)20-16(19-14)17(21-3)10-7-6-8-11-17/h13H,4-12H2,1-3H3,(H,18,19,20). The molecule has 21 heavy (non-hydrogen) atoms. The molecule has 1 heterocycles. The zero-order chi connectivity index (χ0) is 15.1. The van der Waals surface area contributed by atoms with E-state index in [4.69, 9.17) is 14.7 Å². The quantitative estimate of drug-likeness (QED) is 0.823. The van der Waals surface area contributed by atoms with Crippen LogP contribution in [0.5, 0.6) is 0 Å². The molecule has 1 saturated carbocycles. The molecule has 0 aromatic carbocycles. The fourth-order valence-electron chi connectivity index (χ4n) is 3.07. The summed E-state index contributed by atoms with van der Waals surface area (Å²) in [6, 6.07) is 2.09. The Hall–Kier alpha value is -1.16. The molecule has 1 N–H and O–H groups in total. The van der Waals surface area contributed by atoms with Gasteiger partial charge in [0.1, 0.15) is 11.4 Å². The summed E-state index contributed by atoms with van der Waals surface area (Å²) in [5.74, 6) is 1.83. The van der Waals surface area contributed by atoms with E-state index in [0.29, 0.717) is 0 Å². The minimum absolute atomic E-state index is 0.273. The van der Waals surface area contributed by atoms with E-state index in [1.54, 1.807) is 7.11 Å². The van der Waals surface area contributed by atoms with Gasteiger partial charge in [0.25, 0.3) is 0 Å². The largest absolute Gasteiger partial charge is 0.370 e. The number of ether oxygens (including phenoxy) is 1. The summed E-state index contributed by atoms with van der Waals surface area (Å²) in [5.41, 5.74) is 0.855. The van der Waals surface area contributed by atoms with Crippen LogP contribution in [0.4, 0.5) is 5.82 Å². The molecule has 0 saturated heterocycles. The highest BCUT2D eigenvalue weighted by molar-refractivity contribution is 5.37. The maximum absolute atomic E-state index is 5.90. The van der Waals surface area contributed by atoms with Gasteiger partial charge >= 0.3 is 0 Å². The predicted molar refractivity (Wildman–Crippen MR) is 86.6 cm³/mol. The topological polar surface area (TPSA) is 47.0 Å². The number of aryl methyl sites for hydroxylation is 1. The first-order valence-corrected chi connectivity index (χ1v) is 8.41. The average Bonchev–Trinajstić information content (AvgIpc) is 2.53. The highest BCUT2D eigenvalue weighted by Gasteiger charge is 2.37. The third-order valence-corrected chi connectivity index (χ3v) is 4.30. The van der Waals surface area contributed by atoms with Crippen LogP contribution in [0.3, 0.4) is 0 Å². The normalized spacial score (nSPS) is 17.7. The Labute approximate surface area is 128 Å². The summed E-state index contributed by atoms with van der Waals surface area (Å²) in [6.45, 7) is 5.30. The van der Waals surface area contributed by atoms with Crippen LogP contribution >= 0.6 is 0 Å². The van der Waals surface area contributed by atoms with Crippen molar-refractivity contribution in [3.8, 4) is 0 Å². The van der Waals surface area contributed by atoms with E-state index in [1.807, 2.05) is 0 Å². The zero-order valence-electron chi connectivity index (χ0n) is 13.7. The molecule has 4 heteroatoms. The predicted octanol–water partition coefficient (Wildman–Crippen LogP) is 4.06. The van der Waals surface area contributed by atoms with Gasteiger partial charge in [-0.05, 0) is 25.7 Å². The van der Waals surface area contributed by atoms with Crippen LogP contribution in [0.2, 0.25) is 0 Å². The first-order valence-electron chi connectivity index (χ1n) is 8.41. The molecule has 1 aromatic rings. The van der Waals surface area contributed by atoms with E-state index in [1.165, 1.54) is 19.3 Å². The number of methoxy groups -OCH3 is 1. The van der Waals surface area contributed by atoms with Crippen LogP contribution < -0.4 is 5.32 Å². The lowest BCUT2D eigenvalue weighted by atomic mass is 9.84. The summed E-state index contributed by atoms with van der Waals surface area (Å²) >= 11 is 0. The summed E-state index contributed by atoms with van der Waals surface area (Å²) in [7, 11) is 1.81. The summed E-state index contributed by atoms with van der Waals surface area (Å²) in [6.07, 6.45) is 8.96. The number of nitrogens with one attached hydrogen (secondary N) is 1. The molecule has 118 valence electrons. The maximum atomic E-state index is 5.90. The number of hydrogen-bond donors (Lipinski definition) is 1. The molecule has 0 aliphatic heterocycles. The lowest BCUT2D eigenvalue weighted by molar-refractivity contribution is -0.0515. The van der Waals surface area contributed by atoms with Crippen molar-refractivity contribution in [2.24, 2.45) is 0 Å². The van der Waals surface area contributed by atoms with Gasteiger partial charge in [-0.3, -0.25) is 0 Å². The van der Waals surface area contributed by atoms with Crippen molar-refractivity contribution in [3.63, 3.8) is 0 Å². The first-order chi connectivity index (χ1) is 10.2. The van der Waals surface area contributed by atoms with Crippen LogP contribution in [0.1, 0.15) is 70.3 Å². The van der Waals surface area contributed by atoms with Crippen molar-refractivity contribution in [2.45, 2.75) is 70.8 Å². The van der Waals surface area contributed by atoms with E-state index < -0.39 is 0 Å². The van der Waals surface area contributed by atoms with Crippen LogP contribution in [-0.4, -0.2) is 23.6 Å². The molecule has 0 spiro atoms. The van der Waals surface area contributed by atoms with Crippen molar-refractivity contribution in [1.29, 1.82) is 0 Å². The molecule has 1 aromatic heterocycles. The van der Waals surface area contributed by atoms with Crippen molar-refractivity contribution in [1.82, 2.24) is 9.97 Å². The smallest absolute Gasteiger partial charge is 0.162 e. The SMILES string of the molecule is CCCNc1cc(CCC)nc(C2(OC)CCCCC2)n1. The van der Waals surface area contributed by atoms with E-state index in [0.717, 1.165) is 56.0 Å². The summed E-state index contributed by atoms with van der Waals surface area (Å²) < 4.78 is 5.90. The number of nitrogens with zero attached hydrogens (tertiary/aromatic N) is 2. The van der Waals surface area contributed by atoms with Gasteiger partial charge in [-0.25, -0.2) is 9.97 Å². The zero-order valence-corrected chi connectivity index (χ0v) is 13.7. The number of hydrogen-bond acceptors (Lipinski definition) is 4. The van der Waals surface area contributed by atoms with E-state index in [9.17, 15) is 0 Å². The highest BCUT2D eigenvalue weighted by atomic mass is 16.5. The Kier molecular flexibility index (Phi) is 5.97. The van der Waals surface area contributed by atoms with Gasteiger partial charge in [-0.2, -0.15) is 0 Å². The minimum Gasteiger partial charge on any atom is -0.370 e. The molecule has 0 amide bonds. The fourth-order valence-corrected chi connectivity index (χ4v) is 3.07. The molecule has 0 atom stereocenters. The monoisotopic (exact) mass is 291 g/mol. The number of rotatable bonds is 7. The fraction of sp³-hybridized carbons (Fsp3) is 0.765. The Morgan fingerprint density at radius 2 is 1.90 bits per heavy atom. The summed E-state index contributed by atoms with van der Waals surface area (Å²) in [4.78, 5) is 9.59. The van der Waals surface area contributed by atoms with Gasteiger partial charge in [-0.1, -0.05) is 39.5 Å². The van der Waals surface area contributed by atoms with Gasteiger partial charge in [-0.15, -0.1) is 0 Å². The number of anilines is 1. The Bertz CT molecular complexity index is 442. The van der Waals surface area contributed by atoms with Crippen LogP contribution in [-0.2, 0) is 16.8 Å². The van der Waals surface area contributed by atoms with E-state index in [2.05, 4.69) is 25.2 Å². The Balaban J connectivity index is 2.32. The van der Waals surface area contributed by atoms with Crippen LogP contribution in [0.15, 0.2) is 6.07 Å². The van der Waals surface area contributed by atoms with Crippen molar-refractivity contribution in [2.75, 3.05) is 19.0 Å². The number of aromatic nitrogens is 2. The third-order valence-electron chi connectivity index (χ3n) is 4.30. The third kappa shape index (κ3) is 3.94. The Morgan fingerprint density at radius 3 is 2.52 bits per heavy atom. The maximum Gasteiger partial charge on any atom is 0.162 e. The van der Waals surface area contributed by atoms with Crippen molar-refractivity contribution < 1.29 is 4.74 Å². The molecular weight excluding hydrogens is 262 g/mol. The van der Waals surface area contributed by atoms with Gasteiger partial charge in [0.05, 0.1) is 0 Å². The molecule has 2 rings (SSSR count). The molecule has 0 bridgehead atoms. The molecule has 1 aliphatic rings. The molecule has 4 nitrogen and oxygen atoms in total. The second kappa shape index (κ2) is 7.74. The van der Waals surface area contributed by atoms with Crippen molar-refractivity contribution >= 4 is 5.82 Å². The van der Waals surface area contributed by atoms with Gasteiger partial charge in [0.15, 0.2) is 5.82 Å². The van der Waals surface area contributed by atoms with Crippen LogP contribution in [0.25, 0.3) is 0 Å². The molecule has 0 radical (unpaired) electrons.